The number of hydrogen-bond donors (Lipinski definition) is 0. The summed E-state index contributed by atoms with van der Waals surface area (Å²) in [4.78, 5) is 16.8. The molecular weight excluding hydrogens is 1190 g/mol. The predicted molar refractivity (Wildman–Crippen MR) is 411 cm³/mol. The second kappa shape index (κ2) is 24.5. The van der Waals surface area contributed by atoms with E-state index in [0.29, 0.717) is 17.6 Å². The van der Waals surface area contributed by atoms with Gasteiger partial charge >= 0.3 is 0 Å². The second-order valence-corrected chi connectivity index (χ2v) is 26.4. The van der Waals surface area contributed by atoms with Crippen LogP contribution in [0.15, 0.2) is 309 Å². The largest absolute Gasteiger partial charge is 0.309 e. The SMILES string of the molecule is Cc1cc(C)c(-c2ccc3c(c2)c2cc(-c4c(C)cc(C)cc4C)ccc2n3-c2ccccc2-c2nc(-c3ccccc3)nc(-n3c4ccc(-c5cc(-c6ccccc6)cc(-c6ccccc6)c5)cc4c4cc(-c5cc(-c6ccccc6)cc(-c6ccccc6)c5)ccc43)n2)c(C)c1. The van der Waals surface area contributed by atoms with E-state index < -0.39 is 0 Å². The van der Waals surface area contributed by atoms with Crippen LogP contribution < -0.4 is 0 Å². The summed E-state index contributed by atoms with van der Waals surface area (Å²) in [5, 5.41) is 4.50. The topological polar surface area (TPSA) is 48.5 Å². The van der Waals surface area contributed by atoms with Crippen molar-refractivity contribution in [3.8, 4) is 123 Å². The molecule has 0 unspecified atom stereocenters. The Balaban J connectivity index is 0.901. The van der Waals surface area contributed by atoms with E-state index in [1.54, 1.807) is 0 Å². The maximum atomic E-state index is 5.73. The molecule has 0 bridgehead atoms. The molecule has 0 fully saturated rings. The maximum absolute atomic E-state index is 5.73. The number of aryl methyl sites for hydroxylation is 6. The third-order valence-corrected chi connectivity index (χ3v) is 19.7. The highest BCUT2D eigenvalue weighted by Crippen LogP contribution is 2.45. The van der Waals surface area contributed by atoms with Crippen LogP contribution >= 0.6 is 0 Å². The van der Waals surface area contributed by atoms with Crippen molar-refractivity contribution in [2.75, 3.05) is 0 Å². The predicted octanol–water partition coefficient (Wildman–Crippen LogP) is 24.6. The number of aromatic nitrogens is 5. The molecule has 14 aromatic carbocycles. The molecule has 0 aliphatic rings. The second-order valence-electron chi connectivity index (χ2n) is 26.4. The van der Waals surface area contributed by atoms with Crippen LogP contribution in [0.1, 0.15) is 33.4 Å². The lowest BCUT2D eigenvalue weighted by molar-refractivity contribution is 0.951. The maximum Gasteiger partial charge on any atom is 0.238 e. The van der Waals surface area contributed by atoms with E-state index in [9.17, 15) is 0 Å². The van der Waals surface area contributed by atoms with Gasteiger partial charge in [0.05, 0.1) is 27.8 Å². The van der Waals surface area contributed by atoms with Crippen molar-refractivity contribution in [2.24, 2.45) is 0 Å². The minimum absolute atomic E-state index is 0.517. The smallest absolute Gasteiger partial charge is 0.238 e. The highest BCUT2D eigenvalue weighted by molar-refractivity contribution is 6.14. The molecule has 17 aromatic rings. The first-order valence-corrected chi connectivity index (χ1v) is 33.8. The van der Waals surface area contributed by atoms with Gasteiger partial charge in [-0.05, 0) is 250 Å². The van der Waals surface area contributed by atoms with Gasteiger partial charge in [0.15, 0.2) is 11.6 Å². The van der Waals surface area contributed by atoms with Crippen LogP contribution in [-0.2, 0) is 0 Å². The molecule has 0 saturated heterocycles. The van der Waals surface area contributed by atoms with Crippen molar-refractivity contribution in [1.29, 1.82) is 0 Å². The van der Waals surface area contributed by atoms with E-state index in [1.165, 1.54) is 66.4 Å². The molecule has 0 radical (unpaired) electrons. The summed E-state index contributed by atoms with van der Waals surface area (Å²) in [5.74, 6) is 1.65. The van der Waals surface area contributed by atoms with Crippen LogP contribution in [0.2, 0.25) is 0 Å². The monoisotopic (exact) mass is 1260 g/mol. The Bertz CT molecular complexity index is 5500. The van der Waals surface area contributed by atoms with E-state index in [2.05, 4.69) is 354 Å². The molecule has 17 rings (SSSR count). The Hall–Kier alpha value is -12.3. The van der Waals surface area contributed by atoms with Gasteiger partial charge in [0.2, 0.25) is 5.95 Å². The Morgan fingerprint density at radius 1 is 0.214 bits per heavy atom. The third kappa shape index (κ3) is 10.8. The molecule has 0 aliphatic carbocycles. The van der Waals surface area contributed by atoms with Crippen molar-refractivity contribution in [1.82, 2.24) is 24.1 Å². The van der Waals surface area contributed by atoms with Crippen LogP contribution in [0.4, 0.5) is 0 Å². The molecule has 0 saturated carbocycles. The molecule has 0 atom stereocenters. The molecule has 0 spiro atoms. The minimum Gasteiger partial charge on any atom is -0.309 e. The molecule has 3 heterocycles. The number of rotatable bonds is 12. The standard InChI is InChI=1S/C93H69N5/c1-58-44-60(3)89(61(4)45-58)71-38-42-85-82(56-71)83-57-72(90-62(5)46-59(2)47-63(90)6)39-43-86(83)97(85)84-35-23-22-34-79(84)92-94-91(68-32-20-11-21-33-68)95-93(96-92)98-87-40-36-69(77-50-73(64-24-12-7-13-25-64)48-74(51-77)65-26-14-8-15-27-65)54-80(87)81-55-70(37-41-88(81)98)78-52-75(66-28-16-9-17-29-66)49-76(53-78)67-30-18-10-19-31-67/h7-57H,1-6H3. The average molecular weight is 1260 g/mol. The van der Waals surface area contributed by atoms with E-state index in [4.69, 9.17) is 15.0 Å². The van der Waals surface area contributed by atoms with Crippen LogP contribution in [0.25, 0.3) is 167 Å². The number of para-hydroxylation sites is 1. The fraction of sp³-hybridized carbons (Fsp3) is 0.0645. The Kier molecular flexibility index (Phi) is 14.8. The van der Waals surface area contributed by atoms with Crippen LogP contribution in [-0.4, -0.2) is 24.1 Å². The number of benzene rings is 14. The summed E-state index contributed by atoms with van der Waals surface area (Å²) in [5.41, 5.74) is 33.1. The van der Waals surface area contributed by atoms with Gasteiger partial charge in [-0.15, -0.1) is 0 Å². The van der Waals surface area contributed by atoms with Gasteiger partial charge in [0, 0.05) is 32.7 Å². The number of nitrogens with zero attached hydrogens (tertiary/aromatic N) is 5. The van der Waals surface area contributed by atoms with E-state index in [1.807, 2.05) is 6.07 Å². The van der Waals surface area contributed by atoms with Crippen molar-refractivity contribution < 1.29 is 0 Å². The molecule has 5 nitrogen and oxygen atoms in total. The van der Waals surface area contributed by atoms with E-state index in [0.717, 1.165) is 116 Å². The summed E-state index contributed by atoms with van der Waals surface area (Å²) in [6.45, 7) is 13.3. The minimum atomic E-state index is 0.517. The number of hydrogen-bond acceptors (Lipinski definition) is 3. The average Bonchev–Trinajstić information content (AvgIpc) is 1.57. The molecule has 3 aromatic heterocycles. The van der Waals surface area contributed by atoms with Crippen molar-refractivity contribution >= 4 is 43.6 Å². The Labute approximate surface area is 572 Å². The highest BCUT2D eigenvalue weighted by Gasteiger charge is 2.25. The first-order valence-electron chi connectivity index (χ1n) is 33.8. The van der Waals surface area contributed by atoms with Crippen molar-refractivity contribution in [3.05, 3.63) is 343 Å². The van der Waals surface area contributed by atoms with Crippen molar-refractivity contribution in [2.45, 2.75) is 41.5 Å². The van der Waals surface area contributed by atoms with Crippen molar-refractivity contribution in [3.63, 3.8) is 0 Å². The van der Waals surface area contributed by atoms with Gasteiger partial charge in [0.25, 0.3) is 0 Å². The molecular formula is C93H69N5. The Morgan fingerprint density at radius 2 is 0.510 bits per heavy atom. The van der Waals surface area contributed by atoms with Crippen LogP contribution in [0.3, 0.4) is 0 Å². The van der Waals surface area contributed by atoms with E-state index >= 15 is 0 Å². The van der Waals surface area contributed by atoms with Gasteiger partial charge in [-0.1, -0.05) is 223 Å². The lowest BCUT2D eigenvalue weighted by atomic mass is 9.91. The zero-order chi connectivity index (χ0) is 66.1. The lowest BCUT2D eigenvalue weighted by Gasteiger charge is -2.16. The third-order valence-electron chi connectivity index (χ3n) is 19.7. The summed E-state index contributed by atoms with van der Waals surface area (Å²) < 4.78 is 4.69. The summed E-state index contributed by atoms with van der Waals surface area (Å²) in [7, 11) is 0. The zero-order valence-corrected chi connectivity index (χ0v) is 55.7. The van der Waals surface area contributed by atoms with Crippen LogP contribution in [0, 0.1) is 41.5 Å². The Morgan fingerprint density at radius 3 is 0.888 bits per heavy atom. The molecule has 5 heteroatoms. The van der Waals surface area contributed by atoms with Gasteiger partial charge < -0.3 is 4.57 Å². The zero-order valence-electron chi connectivity index (χ0n) is 55.7. The summed E-state index contributed by atoms with van der Waals surface area (Å²) >= 11 is 0. The molecule has 0 N–H and O–H groups in total. The normalized spacial score (nSPS) is 11.6. The molecule has 98 heavy (non-hydrogen) atoms. The number of fused-ring (bicyclic) bond motifs is 6. The fourth-order valence-corrected chi connectivity index (χ4v) is 15.4. The molecule has 0 aliphatic heterocycles. The van der Waals surface area contributed by atoms with E-state index in [-0.39, 0.29) is 0 Å². The van der Waals surface area contributed by atoms with Gasteiger partial charge in [-0.25, -0.2) is 4.98 Å². The first-order chi connectivity index (χ1) is 48.0. The quantitative estimate of drug-likeness (QED) is 0.122. The fourth-order valence-electron chi connectivity index (χ4n) is 15.4. The summed E-state index contributed by atoms with van der Waals surface area (Å²) in [6, 6.07) is 113. The first kappa shape index (κ1) is 59.4. The van der Waals surface area contributed by atoms with Gasteiger partial charge in [-0.3, -0.25) is 4.57 Å². The van der Waals surface area contributed by atoms with Gasteiger partial charge in [0.1, 0.15) is 0 Å². The highest BCUT2D eigenvalue weighted by atomic mass is 15.2. The summed E-state index contributed by atoms with van der Waals surface area (Å²) in [6.07, 6.45) is 0. The van der Waals surface area contributed by atoms with Crippen LogP contribution in [0.5, 0.6) is 0 Å². The lowest BCUT2D eigenvalue weighted by Crippen LogP contribution is -2.07. The molecule has 466 valence electrons. The van der Waals surface area contributed by atoms with Gasteiger partial charge in [-0.2, -0.15) is 9.97 Å². The molecule has 0 amide bonds.